The van der Waals surface area contributed by atoms with Gasteiger partial charge in [0.05, 0.1) is 0 Å². The maximum atomic E-state index is 12.4. The van der Waals surface area contributed by atoms with Crippen molar-refractivity contribution in [2.75, 3.05) is 13.1 Å². The maximum absolute atomic E-state index is 12.4. The largest absolute Gasteiger partial charge is 0.353 e. The molecule has 108 valence electrons. The highest BCUT2D eigenvalue weighted by Gasteiger charge is 2.33. The van der Waals surface area contributed by atoms with Crippen molar-refractivity contribution in [3.63, 3.8) is 0 Å². The highest BCUT2D eigenvalue weighted by atomic mass is 16.1. The summed E-state index contributed by atoms with van der Waals surface area (Å²) >= 11 is 0. The molecule has 2 aliphatic rings. The third-order valence-corrected chi connectivity index (χ3v) is 4.53. The first-order chi connectivity index (χ1) is 9.83. The number of nitrogens with one attached hydrogen (secondary N) is 2. The first kappa shape index (κ1) is 13.6. The molecule has 3 nitrogen and oxygen atoms in total. The van der Waals surface area contributed by atoms with Crippen molar-refractivity contribution in [3.05, 3.63) is 35.9 Å². The van der Waals surface area contributed by atoms with E-state index in [1.165, 1.54) is 18.4 Å². The smallest absolute Gasteiger partial charge is 0.223 e. The number of amides is 1. The zero-order valence-electron chi connectivity index (χ0n) is 12.0. The topological polar surface area (TPSA) is 41.1 Å². The Morgan fingerprint density at radius 1 is 1.15 bits per heavy atom. The van der Waals surface area contributed by atoms with Crippen LogP contribution in [0.2, 0.25) is 0 Å². The van der Waals surface area contributed by atoms with Gasteiger partial charge in [-0.1, -0.05) is 30.3 Å². The minimum atomic E-state index is 0.216. The van der Waals surface area contributed by atoms with Gasteiger partial charge in [0.25, 0.3) is 0 Å². The summed E-state index contributed by atoms with van der Waals surface area (Å²) < 4.78 is 0. The summed E-state index contributed by atoms with van der Waals surface area (Å²) in [5, 5.41) is 6.65. The van der Waals surface area contributed by atoms with Crippen LogP contribution in [-0.4, -0.2) is 25.0 Å². The number of hydrogen-bond acceptors (Lipinski definition) is 2. The van der Waals surface area contributed by atoms with Crippen LogP contribution in [-0.2, 0) is 11.2 Å². The third kappa shape index (κ3) is 3.60. The van der Waals surface area contributed by atoms with Crippen LogP contribution >= 0.6 is 0 Å². The van der Waals surface area contributed by atoms with Crippen LogP contribution in [0, 0.1) is 11.8 Å². The summed E-state index contributed by atoms with van der Waals surface area (Å²) in [6, 6.07) is 10.9. The van der Waals surface area contributed by atoms with E-state index in [0.717, 1.165) is 32.4 Å². The van der Waals surface area contributed by atoms with Crippen LogP contribution in [0.4, 0.5) is 0 Å². The average Bonchev–Trinajstić information content (AvgIpc) is 3.33. The van der Waals surface area contributed by atoms with Crippen LogP contribution < -0.4 is 10.6 Å². The van der Waals surface area contributed by atoms with Gasteiger partial charge in [-0.15, -0.1) is 0 Å². The first-order valence-corrected chi connectivity index (χ1v) is 7.88. The Morgan fingerprint density at radius 2 is 1.85 bits per heavy atom. The van der Waals surface area contributed by atoms with Gasteiger partial charge in [-0.2, -0.15) is 0 Å². The van der Waals surface area contributed by atoms with E-state index in [4.69, 9.17) is 0 Å². The number of benzene rings is 1. The summed E-state index contributed by atoms with van der Waals surface area (Å²) in [7, 11) is 0. The van der Waals surface area contributed by atoms with Gasteiger partial charge in [0, 0.05) is 12.0 Å². The van der Waals surface area contributed by atoms with Crippen molar-refractivity contribution in [1.29, 1.82) is 0 Å². The molecule has 3 rings (SSSR count). The van der Waals surface area contributed by atoms with Gasteiger partial charge >= 0.3 is 0 Å². The zero-order valence-corrected chi connectivity index (χ0v) is 12.0. The number of carbonyl (C=O) groups is 1. The van der Waals surface area contributed by atoms with E-state index in [2.05, 4.69) is 34.9 Å². The van der Waals surface area contributed by atoms with E-state index in [0.29, 0.717) is 12.0 Å². The predicted molar refractivity (Wildman–Crippen MR) is 80.4 cm³/mol. The number of carbonyl (C=O) groups excluding carboxylic acids is 1. The van der Waals surface area contributed by atoms with E-state index in [-0.39, 0.29) is 11.8 Å². The molecular weight excluding hydrogens is 248 g/mol. The fraction of sp³-hybridized carbons (Fsp3) is 0.588. The Labute approximate surface area is 121 Å². The number of rotatable bonds is 5. The summed E-state index contributed by atoms with van der Waals surface area (Å²) in [6.07, 6.45) is 5.47. The van der Waals surface area contributed by atoms with Crippen molar-refractivity contribution < 1.29 is 4.79 Å². The number of piperidine rings is 1. The molecule has 1 aliphatic heterocycles. The lowest BCUT2D eigenvalue weighted by Gasteiger charge is -2.25. The molecule has 1 aromatic rings. The monoisotopic (exact) mass is 272 g/mol. The Hall–Kier alpha value is -1.35. The van der Waals surface area contributed by atoms with E-state index >= 15 is 0 Å². The molecule has 1 aliphatic carbocycles. The van der Waals surface area contributed by atoms with Gasteiger partial charge in [-0.05, 0) is 56.7 Å². The fourth-order valence-electron chi connectivity index (χ4n) is 3.09. The van der Waals surface area contributed by atoms with Gasteiger partial charge in [-0.25, -0.2) is 0 Å². The molecule has 1 aromatic carbocycles. The minimum Gasteiger partial charge on any atom is -0.353 e. The summed E-state index contributed by atoms with van der Waals surface area (Å²) in [5.41, 5.74) is 1.33. The molecule has 2 fully saturated rings. The van der Waals surface area contributed by atoms with Crippen LogP contribution in [0.15, 0.2) is 30.3 Å². The van der Waals surface area contributed by atoms with Gasteiger partial charge in [-0.3, -0.25) is 4.79 Å². The van der Waals surface area contributed by atoms with Crippen LogP contribution in [0.1, 0.15) is 31.2 Å². The van der Waals surface area contributed by atoms with Gasteiger partial charge in [0.2, 0.25) is 5.91 Å². The molecule has 1 saturated heterocycles. The Balaban J connectivity index is 1.58. The lowest BCUT2D eigenvalue weighted by atomic mass is 9.95. The van der Waals surface area contributed by atoms with E-state index in [1.54, 1.807) is 0 Å². The standard InChI is InChI=1S/C17H24N2O/c20-17(15-8-10-18-11-9-15)19-16(14-6-7-14)12-13-4-2-1-3-5-13/h1-5,14-16,18H,6-12H2,(H,19,20). The van der Waals surface area contributed by atoms with E-state index in [9.17, 15) is 4.79 Å². The fourth-order valence-corrected chi connectivity index (χ4v) is 3.09. The molecule has 2 N–H and O–H groups in total. The molecule has 3 heteroatoms. The normalized spacial score (nSPS) is 21.4. The average molecular weight is 272 g/mol. The quantitative estimate of drug-likeness (QED) is 0.862. The lowest BCUT2D eigenvalue weighted by Crippen LogP contribution is -2.44. The molecule has 1 heterocycles. The van der Waals surface area contributed by atoms with Crippen LogP contribution in [0.25, 0.3) is 0 Å². The molecule has 1 amide bonds. The lowest BCUT2D eigenvalue weighted by molar-refractivity contribution is -0.126. The van der Waals surface area contributed by atoms with Gasteiger partial charge in [0.15, 0.2) is 0 Å². The van der Waals surface area contributed by atoms with Gasteiger partial charge in [0.1, 0.15) is 0 Å². The highest BCUT2D eigenvalue weighted by Crippen LogP contribution is 2.34. The van der Waals surface area contributed by atoms with Crippen molar-refractivity contribution in [3.8, 4) is 0 Å². The second kappa shape index (κ2) is 6.40. The Bertz CT molecular complexity index is 436. The summed E-state index contributed by atoms with van der Waals surface area (Å²) in [6.45, 7) is 1.95. The van der Waals surface area contributed by atoms with Crippen molar-refractivity contribution >= 4 is 5.91 Å². The van der Waals surface area contributed by atoms with Crippen molar-refractivity contribution in [2.45, 2.75) is 38.1 Å². The molecule has 1 unspecified atom stereocenters. The SMILES string of the molecule is O=C(NC(Cc1ccccc1)C1CC1)C1CCNCC1. The molecule has 20 heavy (non-hydrogen) atoms. The van der Waals surface area contributed by atoms with Crippen molar-refractivity contribution in [2.24, 2.45) is 11.8 Å². The zero-order chi connectivity index (χ0) is 13.8. The third-order valence-electron chi connectivity index (χ3n) is 4.53. The predicted octanol–water partition coefficient (Wildman–Crippen LogP) is 2.12. The molecule has 0 aromatic heterocycles. The van der Waals surface area contributed by atoms with E-state index < -0.39 is 0 Å². The Morgan fingerprint density at radius 3 is 2.50 bits per heavy atom. The molecule has 0 bridgehead atoms. The molecule has 0 spiro atoms. The van der Waals surface area contributed by atoms with Gasteiger partial charge < -0.3 is 10.6 Å². The van der Waals surface area contributed by atoms with Crippen LogP contribution in [0.5, 0.6) is 0 Å². The number of hydrogen-bond donors (Lipinski definition) is 2. The molecular formula is C17H24N2O. The highest BCUT2D eigenvalue weighted by molar-refractivity contribution is 5.79. The summed E-state index contributed by atoms with van der Waals surface area (Å²) in [5.74, 6) is 1.19. The second-order valence-electron chi connectivity index (χ2n) is 6.17. The second-order valence-corrected chi connectivity index (χ2v) is 6.17. The summed E-state index contributed by atoms with van der Waals surface area (Å²) in [4.78, 5) is 12.4. The van der Waals surface area contributed by atoms with Crippen molar-refractivity contribution in [1.82, 2.24) is 10.6 Å². The van der Waals surface area contributed by atoms with Crippen LogP contribution in [0.3, 0.4) is 0 Å². The minimum absolute atomic E-state index is 0.216. The molecule has 1 saturated carbocycles. The molecule has 1 atom stereocenters. The maximum Gasteiger partial charge on any atom is 0.223 e. The first-order valence-electron chi connectivity index (χ1n) is 7.88. The molecule has 0 radical (unpaired) electrons. The Kier molecular flexibility index (Phi) is 4.36. The van der Waals surface area contributed by atoms with E-state index in [1.807, 2.05) is 6.07 Å².